The van der Waals surface area contributed by atoms with Gasteiger partial charge < -0.3 is 9.84 Å². The zero-order valence-corrected chi connectivity index (χ0v) is 17.3. The van der Waals surface area contributed by atoms with Gasteiger partial charge in [-0.3, -0.25) is 14.2 Å². The second-order valence-corrected chi connectivity index (χ2v) is 8.36. The number of hydrogen-bond donors (Lipinski definition) is 2. The van der Waals surface area contributed by atoms with Crippen LogP contribution >= 0.6 is 0 Å². The summed E-state index contributed by atoms with van der Waals surface area (Å²) in [6.45, 7) is 1.72. The average Bonchev–Trinajstić information content (AvgIpc) is 3.47. The molecule has 1 unspecified atom stereocenters. The topological polar surface area (TPSA) is 119 Å². The number of carbonyl (C=O) groups excluding carboxylic acids is 1. The Morgan fingerprint density at radius 2 is 1.84 bits per heavy atom. The number of anilines is 2. The summed E-state index contributed by atoms with van der Waals surface area (Å²) >= 11 is 0. The third-order valence-electron chi connectivity index (χ3n) is 4.56. The second-order valence-electron chi connectivity index (χ2n) is 6.71. The van der Waals surface area contributed by atoms with Crippen molar-refractivity contribution in [1.29, 1.82) is 0 Å². The van der Waals surface area contributed by atoms with Crippen molar-refractivity contribution in [3.63, 3.8) is 0 Å². The van der Waals surface area contributed by atoms with Gasteiger partial charge in [0.2, 0.25) is 5.91 Å². The fraction of sp³-hybridized carbons (Fsp3) is 0.0952. The van der Waals surface area contributed by atoms with Crippen LogP contribution in [0, 0.1) is 0 Å². The molecular weight excluding hydrogens is 418 g/mol. The highest BCUT2D eigenvalue weighted by Crippen LogP contribution is 2.29. The van der Waals surface area contributed by atoms with E-state index in [9.17, 15) is 13.2 Å². The van der Waals surface area contributed by atoms with Crippen LogP contribution in [0.15, 0.2) is 88.7 Å². The van der Waals surface area contributed by atoms with Crippen LogP contribution in [0.5, 0.6) is 0 Å². The van der Waals surface area contributed by atoms with Crippen molar-refractivity contribution < 1.29 is 17.7 Å². The molecule has 1 atom stereocenters. The molecule has 2 aromatic heterocycles. The van der Waals surface area contributed by atoms with Gasteiger partial charge in [0.05, 0.1) is 16.8 Å². The third-order valence-corrected chi connectivity index (χ3v) is 6.00. The molecule has 4 rings (SSSR count). The average molecular weight is 437 g/mol. The van der Waals surface area contributed by atoms with E-state index in [-0.39, 0.29) is 10.8 Å². The molecule has 0 aliphatic carbocycles. The van der Waals surface area contributed by atoms with E-state index >= 15 is 0 Å². The van der Waals surface area contributed by atoms with E-state index in [1.54, 1.807) is 73.9 Å². The first-order chi connectivity index (χ1) is 14.9. The highest BCUT2D eigenvalue weighted by atomic mass is 32.2. The molecule has 10 heteroatoms. The second kappa shape index (κ2) is 8.44. The molecule has 2 aromatic carbocycles. The lowest BCUT2D eigenvalue weighted by molar-refractivity contribution is -0.119. The van der Waals surface area contributed by atoms with Gasteiger partial charge in [0, 0.05) is 29.7 Å². The maximum atomic E-state index is 13.0. The van der Waals surface area contributed by atoms with Gasteiger partial charge in [0.25, 0.3) is 10.0 Å². The van der Waals surface area contributed by atoms with Crippen molar-refractivity contribution in [1.82, 2.24) is 14.9 Å². The van der Waals surface area contributed by atoms with Crippen LogP contribution in [-0.2, 0) is 14.8 Å². The van der Waals surface area contributed by atoms with Crippen molar-refractivity contribution in [3.8, 4) is 11.3 Å². The van der Waals surface area contributed by atoms with Crippen LogP contribution in [0.1, 0.15) is 13.0 Å². The Hall–Kier alpha value is -3.92. The van der Waals surface area contributed by atoms with Gasteiger partial charge in [-0.15, -0.1) is 0 Å². The summed E-state index contributed by atoms with van der Waals surface area (Å²) in [5.41, 5.74) is 1.15. The summed E-state index contributed by atoms with van der Waals surface area (Å²) in [4.78, 5) is 12.5. The molecule has 0 spiro atoms. The molecule has 2 N–H and O–H groups in total. The van der Waals surface area contributed by atoms with E-state index in [2.05, 4.69) is 20.3 Å². The molecule has 4 aromatic rings. The van der Waals surface area contributed by atoms with Crippen molar-refractivity contribution in [2.75, 3.05) is 10.0 Å². The standard InChI is InChI=1S/C21H19N5O4S/c1-15(26-13-5-11-22-26)21(27)24-16-6-4-7-17(14-16)25-31(28,29)20-9-3-2-8-18(20)19-10-12-23-30-19/h2-15,25H,1H3,(H,24,27). The number of amides is 1. The van der Waals surface area contributed by atoms with E-state index in [1.165, 1.54) is 16.9 Å². The molecule has 0 bridgehead atoms. The summed E-state index contributed by atoms with van der Waals surface area (Å²) < 4.78 is 35.3. The maximum Gasteiger partial charge on any atom is 0.262 e. The summed E-state index contributed by atoms with van der Waals surface area (Å²) in [6.07, 6.45) is 4.74. The first kappa shape index (κ1) is 20.4. The van der Waals surface area contributed by atoms with Gasteiger partial charge >= 0.3 is 0 Å². The quantitative estimate of drug-likeness (QED) is 0.456. The van der Waals surface area contributed by atoms with Gasteiger partial charge in [-0.2, -0.15) is 5.10 Å². The van der Waals surface area contributed by atoms with E-state index in [0.717, 1.165) is 0 Å². The van der Waals surface area contributed by atoms with Gasteiger partial charge in [0.15, 0.2) is 5.76 Å². The molecular formula is C21H19N5O4S. The lowest BCUT2D eigenvalue weighted by atomic mass is 10.2. The van der Waals surface area contributed by atoms with Gasteiger partial charge in [0.1, 0.15) is 6.04 Å². The van der Waals surface area contributed by atoms with Crippen LogP contribution in [-0.4, -0.2) is 29.3 Å². The van der Waals surface area contributed by atoms with Crippen LogP contribution in [0.4, 0.5) is 11.4 Å². The third kappa shape index (κ3) is 4.48. The zero-order valence-electron chi connectivity index (χ0n) is 16.5. The van der Waals surface area contributed by atoms with E-state index < -0.39 is 16.1 Å². The van der Waals surface area contributed by atoms with Crippen LogP contribution in [0.25, 0.3) is 11.3 Å². The van der Waals surface area contributed by atoms with E-state index in [1.807, 2.05) is 0 Å². The van der Waals surface area contributed by atoms with E-state index in [0.29, 0.717) is 22.7 Å². The monoisotopic (exact) mass is 437 g/mol. The molecule has 0 saturated heterocycles. The van der Waals surface area contributed by atoms with Gasteiger partial charge in [-0.05, 0) is 43.3 Å². The first-order valence-electron chi connectivity index (χ1n) is 9.37. The molecule has 1 amide bonds. The summed E-state index contributed by atoms with van der Waals surface area (Å²) in [5, 5.41) is 10.5. The number of carbonyl (C=O) groups is 1. The Bertz CT molecular complexity index is 1290. The summed E-state index contributed by atoms with van der Waals surface area (Å²) in [5.74, 6) is 0.0639. The molecule has 31 heavy (non-hydrogen) atoms. The Morgan fingerprint density at radius 3 is 2.58 bits per heavy atom. The number of hydrogen-bond acceptors (Lipinski definition) is 6. The predicted octanol–water partition coefficient (Wildman–Crippen LogP) is 3.54. The summed E-state index contributed by atoms with van der Waals surface area (Å²) in [7, 11) is -3.93. The Balaban J connectivity index is 1.55. The minimum absolute atomic E-state index is 0.0495. The zero-order chi connectivity index (χ0) is 21.8. The van der Waals surface area contributed by atoms with Crippen LogP contribution < -0.4 is 10.0 Å². The molecule has 0 radical (unpaired) electrons. The molecule has 2 heterocycles. The number of rotatable bonds is 7. The number of sulfonamides is 1. The molecule has 0 fully saturated rings. The number of benzene rings is 2. The summed E-state index contributed by atoms with van der Waals surface area (Å²) in [6, 6.07) is 15.7. The molecule has 0 aliphatic heterocycles. The highest BCUT2D eigenvalue weighted by molar-refractivity contribution is 7.92. The van der Waals surface area contributed by atoms with Gasteiger partial charge in [-0.25, -0.2) is 8.42 Å². The lowest BCUT2D eigenvalue weighted by Gasteiger charge is -2.14. The van der Waals surface area contributed by atoms with Crippen LogP contribution in [0.2, 0.25) is 0 Å². The van der Waals surface area contributed by atoms with Crippen molar-refractivity contribution in [2.45, 2.75) is 17.9 Å². The van der Waals surface area contributed by atoms with Crippen LogP contribution in [0.3, 0.4) is 0 Å². The molecule has 9 nitrogen and oxygen atoms in total. The first-order valence-corrected chi connectivity index (χ1v) is 10.9. The smallest absolute Gasteiger partial charge is 0.262 e. The van der Waals surface area contributed by atoms with E-state index in [4.69, 9.17) is 4.52 Å². The number of nitrogens with zero attached hydrogens (tertiary/aromatic N) is 3. The predicted molar refractivity (Wildman–Crippen MR) is 115 cm³/mol. The fourth-order valence-electron chi connectivity index (χ4n) is 3.01. The fourth-order valence-corrected chi connectivity index (χ4v) is 4.27. The number of nitrogens with one attached hydrogen (secondary N) is 2. The number of aromatic nitrogens is 3. The SMILES string of the molecule is CC(C(=O)Nc1cccc(NS(=O)(=O)c2ccccc2-c2ccno2)c1)n1cccn1. The highest BCUT2D eigenvalue weighted by Gasteiger charge is 2.21. The lowest BCUT2D eigenvalue weighted by Crippen LogP contribution is -2.24. The normalized spacial score (nSPS) is 12.3. The Kier molecular flexibility index (Phi) is 5.54. The minimum Gasteiger partial charge on any atom is -0.356 e. The Morgan fingerprint density at radius 1 is 1.03 bits per heavy atom. The van der Waals surface area contributed by atoms with Crippen molar-refractivity contribution in [3.05, 3.63) is 79.3 Å². The van der Waals surface area contributed by atoms with Crippen molar-refractivity contribution in [2.24, 2.45) is 0 Å². The largest absolute Gasteiger partial charge is 0.356 e. The molecule has 0 saturated carbocycles. The van der Waals surface area contributed by atoms with Crippen molar-refractivity contribution >= 4 is 27.3 Å². The maximum absolute atomic E-state index is 13.0. The van der Waals surface area contributed by atoms with Gasteiger partial charge in [-0.1, -0.05) is 23.4 Å². The molecule has 0 aliphatic rings. The minimum atomic E-state index is -3.93. The molecule has 158 valence electrons. The Labute approximate surface area is 178 Å².